The van der Waals surface area contributed by atoms with Crippen molar-refractivity contribution in [1.29, 1.82) is 0 Å². The SMILES string of the molecule is CC1C[C@@H](c2ccc(C3C=N3)c3ncccc23)CN(C(=O)Cc2cccnc2)C1. The Kier molecular flexibility index (Phi) is 4.58. The Morgan fingerprint density at radius 2 is 1.93 bits per heavy atom. The van der Waals surface area contributed by atoms with E-state index in [2.05, 4.69) is 40.1 Å². The summed E-state index contributed by atoms with van der Waals surface area (Å²) in [4.78, 5) is 28.1. The average Bonchev–Trinajstić information content (AvgIpc) is 3.58. The first-order valence-corrected chi connectivity index (χ1v) is 10.3. The zero-order chi connectivity index (χ0) is 19.8. The van der Waals surface area contributed by atoms with Gasteiger partial charge in [-0.2, -0.15) is 0 Å². The number of amides is 1. The second kappa shape index (κ2) is 7.39. The Hall–Kier alpha value is -3.08. The molecule has 29 heavy (non-hydrogen) atoms. The summed E-state index contributed by atoms with van der Waals surface area (Å²) in [7, 11) is 0. The van der Waals surface area contributed by atoms with Crippen LogP contribution in [-0.2, 0) is 11.2 Å². The topological polar surface area (TPSA) is 58.5 Å². The molecule has 5 rings (SSSR count). The van der Waals surface area contributed by atoms with Crippen molar-refractivity contribution < 1.29 is 4.79 Å². The van der Waals surface area contributed by atoms with E-state index in [1.165, 1.54) is 16.5 Å². The first-order valence-electron chi connectivity index (χ1n) is 10.3. The van der Waals surface area contributed by atoms with Crippen LogP contribution in [0.4, 0.5) is 0 Å². The smallest absolute Gasteiger partial charge is 0.227 e. The van der Waals surface area contributed by atoms with Crippen LogP contribution in [0.1, 0.15) is 42.0 Å². The van der Waals surface area contributed by atoms with Crippen molar-refractivity contribution in [2.75, 3.05) is 13.1 Å². The highest BCUT2D eigenvalue weighted by Crippen LogP contribution is 2.38. The third kappa shape index (κ3) is 3.65. The fourth-order valence-electron chi connectivity index (χ4n) is 4.58. The van der Waals surface area contributed by atoms with Crippen LogP contribution in [0.2, 0.25) is 0 Å². The quantitative estimate of drug-likeness (QED) is 0.684. The first kappa shape index (κ1) is 18.0. The molecule has 0 bridgehead atoms. The molecule has 0 radical (unpaired) electrons. The second-order valence-corrected chi connectivity index (χ2v) is 8.26. The van der Waals surface area contributed by atoms with Crippen LogP contribution in [0, 0.1) is 5.92 Å². The summed E-state index contributed by atoms with van der Waals surface area (Å²) < 4.78 is 0. The summed E-state index contributed by atoms with van der Waals surface area (Å²) in [6, 6.07) is 12.6. The summed E-state index contributed by atoms with van der Waals surface area (Å²) >= 11 is 0. The molecule has 5 heteroatoms. The molecule has 2 aliphatic rings. The van der Waals surface area contributed by atoms with Gasteiger partial charge in [0.25, 0.3) is 0 Å². The minimum absolute atomic E-state index is 0.181. The van der Waals surface area contributed by atoms with Gasteiger partial charge in [-0.3, -0.25) is 19.8 Å². The molecule has 2 aromatic heterocycles. The van der Waals surface area contributed by atoms with Crippen LogP contribution in [0.15, 0.2) is 60.0 Å². The van der Waals surface area contributed by atoms with E-state index in [1.807, 2.05) is 35.5 Å². The van der Waals surface area contributed by atoms with E-state index in [0.29, 0.717) is 18.3 Å². The Morgan fingerprint density at radius 3 is 2.72 bits per heavy atom. The van der Waals surface area contributed by atoms with Crippen LogP contribution in [0.3, 0.4) is 0 Å². The molecular weight excluding hydrogens is 360 g/mol. The molecule has 5 nitrogen and oxygen atoms in total. The Bertz CT molecular complexity index is 1070. The monoisotopic (exact) mass is 384 g/mol. The minimum Gasteiger partial charge on any atom is -0.342 e. The molecule has 3 atom stereocenters. The lowest BCUT2D eigenvalue weighted by molar-refractivity contribution is -0.132. The van der Waals surface area contributed by atoms with Crippen molar-refractivity contribution in [1.82, 2.24) is 14.9 Å². The number of likely N-dealkylation sites (tertiary alicyclic amines) is 1. The maximum atomic E-state index is 13.0. The number of hydrogen-bond donors (Lipinski definition) is 0. The van der Waals surface area contributed by atoms with Crippen LogP contribution < -0.4 is 0 Å². The zero-order valence-corrected chi connectivity index (χ0v) is 16.5. The van der Waals surface area contributed by atoms with E-state index in [0.717, 1.165) is 30.6 Å². The molecule has 0 saturated carbocycles. The van der Waals surface area contributed by atoms with Gasteiger partial charge >= 0.3 is 0 Å². The fourth-order valence-corrected chi connectivity index (χ4v) is 4.58. The van der Waals surface area contributed by atoms with Gasteiger partial charge in [-0.05, 0) is 35.6 Å². The summed E-state index contributed by atoms with van der Waals surface area (Å²) in [6.45, 7) is 3.82. The highest BCUT2D eigenvalue weighted by Gasteiger charge is 2.30. The van der Waals surface area contributed by atoms with E-state index in [-0.39, 0.29) is 11.9 Å². The number of carbonyl (C=O) groups excluding carboxylic acids is 1. The predicted octanol–water partition coefficient (Wildman–Crippen LogP) is 3.95. The Balaban J connectivity index is 1.42. The van der Waals surface area contributed by atoms with Gasteiger partial charge in [0, 0.05) is 54.8 Å². The number of pyridine rings is 2. The summed E-state index contributed by atoms with van der Waals surface area (Å²) in [5.74, 6) is 0.960. The summed E-state index contributed by atoms with van der Waals surface area (Å²) in [6.07, 6.45) is 8.83. The lowest BCUT2D eigenvalue weighted by Crippen LogP contribution is -2.43. The third-order valence-corrected chi connectivity index (χ3v) is 5.98. The van der Waals surface area contributed by atoms with Crippen molar-refractivity contribution in [2.24, 2.45) is 10.9 Å². The van der Waals surface area contributed by atoms with Gasteiger partial charge in [0.15, 0.2) is 0 Å². The highest BCUT2D eigenvalue weighted by molar-refractivity contribution is 5.92. The van der Waals surface area contributed by atoms with E-state index in [9.17, 15) is 4.79 Å². The van der Waals surface area contributed by atoms with Crippen molar-refractivity contribution in [3.8, 4) is 0 Å². The van der Waals surface area contributed by atoms with Gasteiger partial charge in [-0.1, -0.05) is 31.2 Å². The number of rotatable bonds is 4. The van der Waals surface area contributed by atoms with Crippen LogP contribution in [0.25, 0.3) is 10.9 Å². The normalized spacial score (nSPS) is 23.3. The van der Waals surface area contributed by atoms with E-state index < -0.39 is 0 Å². The predicted molar refractivity (Wildman–Crippen MR) is 114 cm³/mol. The van der Waals surface area contributed by atoms with Gasteiger partial charge in [0.1, 0.15) is 6.04 Å². The number of hydrogen-bond acceptors (Lipinski definition) is 4. The van der Waals surface area contributed by atoms with Crippen molar-refractivity contribution in [2.45, 2.75) is 31.7 Å². The number of aromatic nitrogens is 2. The lowest BCUT2D eigenvalue weighted by atomic mass is 9.83. The number of nitrogens with zero attached hydrogens (tertiary/aromatic N) is 4. The fraction of sp³-hybridized carbons (Fsp3) is 0.333. The molecule has 1 saturated heterocycles. The van der Waals surface area contributed by atoms with Crippen molar-refractivity contribution in [3.63, 3.8) is 0 Å². The number of carbonyl (C=O) groups is 1. The van der Waals surface area contributed by atoms with Crippen LogP contribution >= 0.6 is 0 Å². The number of aliphatic imine (C=N–C) groups is 1. The standard InChI is InChI=1S/C24H24N4O/c1-16-10-18(15-28(14-16)23(29)11-17-4-2-8-25-12-17)19-6-7-21(22-13-27-22)24-20(19)5-3-9-26-24/h2-9,12-13,16,18,22H,10-11,14-15H2,1H3/t16?,18-,22?/m1/s1. The van der Waals surface area contributed by atoms with Crippen molar-refractivity contribution >= 4 is 23.0 Å². The molecule has 0 spiro atoms. The summed E-state index contributed by atoms with van der Waals surface area (Å²) in [5.41, 5.74) is 4.48. The molecular formula is C24H24N4O. The van der Waals surface area contributed by atoms with E-state index in [4.69, 9.17) is 0 Å². The van der Waals surface area contributed by atoms with E-state index >= 15 is 0 Å². The largest absolute Gasteiger partial charge is 0.342 e. The summed E-state index contributed by atoms with van der Waals surface area (Å²) in [5, 5.41) is 1.19. The molecule has 2 unspecified atom stereocenters. The van der Waals surface area contributed by atoms with E-state index in [1.54, 1.807) is 12.4 Å². The van der Waals surface area contributed by atoms with Crippen LogP contribution in [-0.4, -0.2) is 40.1 Å². The molecule has 1 amide bonds. The molecule has 1 fully saturated rings. The Labute approximate surface area is 170 Å². The molecule has 2 aliphatic heterocycles. The van der Waals surface area contributed by atoms with Gasteiger partial charge in [-0.25, -0.2) is 0 Å². The average molecular weight is 384 g/mol. The molecule has 0 N–H and O–H groups in total. The zero-order valence-electron chi connectivity index (χ0n) is 16.5. The number of fused-ring (bicyclic) bond motifs is 1. The molecule has 4 heterocycles. The maximum absolute atomic E-state index is 13.0. The first-order chi connectivity index (χ1) is 14.2. The Morgan fingerprint density at radius 1 is 1.10 bits per heavy atom. The number of piperidine rings is 1. The third-order valence-electron chi connectivity index (χ3n) is 5.98. The molecule has 1 aromatic carbocycles. The van der Waals surface area contributed by atoms with Crippen LogP contribution in [0.5, 0.6) is 0 Å². The van der Waals surface area contributed by atoms with Gasteiger partial charge in [0.05, 0.1) is 11.9 Å². The highest BCUT2D eigenvalue weighted by atomic mass is 16.2. The molecule has 0 aliphatic carbocycles. The lowest BCUT2D eigenvalue weighted by Gasteiger charge is -2.37. The van der Waals surface area contributed by atoms with Gasteiger partial charge < -0.3 is 4.90 Å². The maximum Gasteiger partial charge on any atom is 0.227 e. The van der Waals surface area contributed by atoms with Crippen molar-refractivity contribution in [3.05, 3.63) is 71.7 Å². The van der Waals surface area contributed by atoms with Gasteiger partial charge in [-0.15, -0.1) is 0 Å². The number of benzene rings is 1. The molecule has 146 valence electrons. The van der Waals surface area contributed by atoms with Gasteiger partial charge in [0.2, 0.25) is 5.91 Å². The second-order valence-electron chi connectivity index (χ2n) is 8.26. The molecule has 3 aromatic rings. The minimum atomic E-state index is 0.181.